The van der Waals surface area contributed by atoms with Crippen molar-refractivity contribution < 1.29 is 0 Å². The van der Waals surface area contributed by atoms with Crippen molar-refractivity contribution in [2.75, 3.05) is 6.66 Å². The highest BCUT2D eigenvalue weighted by Gasteiger charge is 1.76. The Kier molecular flexibility index (Phi) is 4.04. The van der Waals surface area contributed by atoms with E-state index in [4.69, 9.17) is 0 Å². The molecule has 0 spiro atoms. The number of hydrogen-bond donors (Lipinski definition) is 0. The predicted molar refractivity (Wildman–Crippen MR) is 36.7 cm³/mol. The Bertz CT molecular complexity index is 50.8. The van der Waals surface area contributed by atoms with Gasteiger partial charge in [0.25, 0.3) is 0 Å². The Morgan fingerprint density at radius 1 is 1.83 bits per heavy atom. The van der Waals surface area contributed by atoms with Gasteiger partial charge in [-0.05, 0) is 13.6 Å². The van der Waals surface area contributed by atoms with Gasteiger partial charge in [-0.1, -0.05) is 8.93 Å². The maximum atomic E-state index is 4.03. The average molecular weight is 121 g/mol. The maximum absolute atomic E-state index is 4.03. The number of rotatable bonds is 1. The zero-order chi connectivity index (χ0) is 4.99. The first-order valence-electron chi connectivity index (χ1n) is 1.74. The highest BCUT2D eigenvalue weighted by atomic mass is 32.0. The van der Waals surface area contributed by atoms with E-state index in [2.05, 4.69) is 20.4 Å². The third kappa shape index (κ3) is 4.53. The second kappa shape index (κ2) is 3.71. The fourth-order valence-electron chi connectivity index (χ4n) is 0.182. The first kappa shape index (κ1) is 6.53. The van der Waals surface area contributed by atoms with Gasteiger partial charge in [0.2, 0.25) is 0 Å². The lowest BCUT2D eigenvalue weighted by Crippen LogP contribution is -1.50. The second-order valence-corrected chi connectivity index (χ2v) is 4.57. The molecule has 0 aliphatic heterocycles. The van der Waals surface area contributed by atoms with Gasteiger partial charge in [-0.25, -0.2) is 0 Å². The van der Waals surface area contributed by atoms with Gasteiger partial charge in [0.1, 0.15) is 0 Å². The van der Waals surface area contributed by atoms with Crippen LogP contribution in [0.5, 0.6) is 0 Å². The van der Waals surface area contributed by atoms with E-state index < -0.39 is 0 Å². The summed E-state index contributed by atoms with van der Waals surface area (Å²) in [6.45, 7) is 4.02. The van der Waals surface area contributed by atoms with Crippen LogP contribution < -0.4 is 0 Å². The Morgan fingerprint density at radius 3 is 2.33 bits per heavy atom. The van der Waals surface area contributed by atoms with Crippen molar-refractivity contribution in [3.8, 4) is 0 Å². The summed E-state index contributed by atoms with van der Waals surface area (Å²) in [5, 5.41) is 0. The van der Waals surface area contributed by atoms with Crippen LogP contribution in [-0.4, -0.2) is 12.9 Å². The Labute approximate surface area is 42.1 Å². The monoisotopic (exact) mass is 121 g/mol. The lowest BCUT2D eigenvalue weighted by molar-refractivity contribution is 1.85. The zero-order valence-corrected chi connectivity index (χ0v) is 6.10. The van der Waals surface area contributed by atoms with E-state index in [0.29, 0.717) is 0 Å². The van der Waals surface area contributed by atoms with Crippen LogP contribution in [0.1, 0.15) is 6.92 Å². The fraction of sp³-hybridized carbons (Fsp3) is 0.667. The van der Waals surface area contributed by atoms with E-state index in [1.54, 1.807) is 0 Å². The summed E-state index contributed by atoms with van der Waals surface area (Å²) < 4.78 is 4.03. The van der Waals surface area contributed by atoms with Gasteiger partial charge in [-0.2, -0.15) is 0 Å². The number of nitrogens with zero attached hydrogens (tertiary/aromatic N) is 1. The van der Waals surface area contributed by atoms with Crippen LogP contribution in [0, 0.1) is 0 Å². The Balaban J connectivity index is 3.03. The Morgan fingerprint density at radius 2 is 2.33 bits per heavy atom. The molecule has 0 rings (SSSR count). The van der Waals surface area contributed by atoms with Gasteiger partial charge >= 0.3 is 0 Å². The fourth-order valence-corrected chi connectivity index (χ4v) is 0.946. The minimum Gasteiger partial charge on any atom is -0.270 e. The van der Waals surface area contributed by atoms with Crippen LogP contribution in [0.15, 0.2) is 4.76 Å². The third-order valence-corrected chi connectivity index (χ3v) is 1.29. The van der Waals surface area contributed by atoms with E-state index in [9.17, 15) is 0 Å². The summed E-state index contributed by atoms with van der Waals surface area (Å²) in [4.78, 5) is 0. The molecule has 0 heterocycles. The molecule has 0 fully saturated rings. The van der Waals surface area contributed by atoms with Gasteiger partial charge in [0.05, 0.1) is 0 Å². The molecule has 0 bridgehead atoms. The molecule has 0 N–H and O–H groups in total. The molecule has 0 aliphatic carbocycles. The van der Waals surface area contributed by atoms with Crippen LogP contribution in [0.3, 0.4) is 0 Å². The minimum absolute atomic E-state index is 0.114. The molecular formula is C3H9NP2. The summed E-state index contributed by atoms with van der Waals surface area (Å²) in [6, 6.07) is 0. The molecule has 0 aromatic carbocycles. The van der Waals surface area contributed by atoms with Crippen molar-refractivity contribution in [2.24, 2.45) is 4.76 Å². The van der Waals surface area contributed by atoms with Crippen molar-refractivity contribution in [3.05, 3.63) is 0 Å². The maximum Gasteiger partial charge on any atom is 0.0298 e. The third-order valence-electron chi connectivity index (χ3n) is 0.298. The van der Waals surface area contributed by atoms with Crippen molar-refractivity contribution in [1.29, 1.82) is 0 Å². The normalized spacial score (nSPS) is 15.8. The SMILES string of the molecule is C/C=N/P(C)P. The summed E-state index contributed by atoms with van der Waals surface area (Å²) in [5.74, 6) is 0. The molecule has 2 atom stereocenters. The molecule has 0 aliphatic rings. The van der Waals surface area contributed by atoms with E-state index in [0.717, 1.165) is 0 Å². The quantitative estimate of drug-likeness (QED) is 0.371. The van der Waals surface area contributed by atoms with Crippen LogP contribution in [0.4, 0.5) is 0 Å². The van der Waals surface area contributed by atoms with E-state index in [1.165, 1.54) is 0 Å². The molecule has 1 nitrogen and oxygen atoms in total. The molecular weight excluding hydrogens is 112 g/mol. The molecule has 0 saturated heterocycles. The highest BCUT2D eigenvalue weighted by molar-refractivity contribution is 8.12. The first-order chi connectivity index (χ1) is 2.77. The van der Waals surface area contributed by atoms with Crippen LogP contribution in [0.2, 0.25) is 0 Å². The molecule has 3 heteroatoms. The van der Waals surface area contributed by atoms with Gasteiger partial charge in [0, 0.05) is 14.0 Å². The Hall–Kier alpha value is 0.530. The predicted octanol–water partition coefficient (Wildman–Crippen LogP) is 1.89. The average Bonchev–Trinajstić information content (AvgIpc) is 1.35. The molecule has 36 valence electrons. The van der Waals surface area contributed by atoms with Gasteiger partial charge in [0.15, 0.2) is 0 Å². The lowest BCUT2D eigenvalue weighted by atomic mass is 10.9. The van der Waals surface area contributed by atoms with Crippen molar-refractivity contribution in [3.63, 3.8) is 0 Å². The smallest absolute Gasteiger partial charge is 0.0298 e. The van der Waals surface area contributed by atoms with Crippen molar-refractivity contribution >= 4 is 22.9 Å². The molecule has 6 heavy (non-hydrogen) atoms. The summed E-state index contributed by atoms with van der Waals surface area (Å²) in [7, 11) is 2.53. The van der Waals surface area contributed by atoms with Crippen molar-refractivity contribution in [2.45, 2.75) is 6.92 Å². The molecule has 2 unspecified atom stereocenters. The molecule has 0 aromatic rings. The molecule has 0 amide bonds. The largest absolute Gasteiger partial charge is 0.270 e. The zero-order valence-electron chi connectivity index (χ0n) is 4.05. The summed E-state index contributed by atoms with van der Waals surface area (Å²) in [6.07, 6.45) is 1.83. The van der Waals surface area contributed by atoms with Crippen LogP contribution in [0.25, 0.3) is 0 Å². The van der Waals surface area contributed by atoms with Gasteiger partial charge in [-0.15, -0.1) is 0 Å². The van der Waals surface area contributed by atoms with Crippen LogP contribution >= 0.6 is 16.7 Å². The van der Waals surface area contributed by atoms with Crippen molar-refractivity contribution in [1.82, 2.24) is 0 Å². The molecule has 0 saturated carbocycles. The standard InChI is InChI=1S/C3H9NP2/c1-3-4-6(2)5/h3H,5H2,1-2H3/b4-3+. The van der Waals surface area contributed by atoms with Gasteiger partial charge in [-0.3, -0.25) is 4.76 Å². The lowest BCUT2D eigenvalue weighted by Gasteiger charge is -1.88. The molecule has 0 aromatic heterocycles. The number of hydrogen-bond acceptors (Lipinski definition) is 1. The topological polar surface area (TPSA) is 12.4 Å². The highest BCUT2D eigenvalue weighted by Crippen LogP contribution is 2.40. The summed E-state index contributed by atoms with van der Waals surface area (Å²) >= 11 is 0. The molecule has 0 radical (unpaired) electrons. The second-order valence-electron chi connectivity index (χ2n) is 0.947. The van der Waals surface area contributed by atoms with Gasteiger partial charge < -0.3 is 0 Å². The van der Waals surface area contributed by atoms with E-state index >= 15 is 0 Å². The van der Waals surface area contributed by atoms with Crippen LogP contribution in [-0.2, 0) is 0 Å². The minimum atomic E-state index is -0.114. The van der Waals surface area contributed by atoms with E-state index in [1.807, 2.05) is 13.1 Å². The first-order valence-corrected chi connectivity index (χ1v) is 5.10. The van der Waals surface area contributed by atoms with E-state index in [-0.39, 0.29) is 7.76 Å². The summed E-state index contributed by atoms with van der Waals surface area (Å²) in [5.41, 5.74) is 0.